The van der Waals surface area contributed by atoms with Crippen molar-refractivity contribution in [3.05, 3.63) is 71.6 Å². The number of aliphatic imine (C=N–C) groups is 1. The highest BCUT2D eigenvalue weighted by Crippen LogP contribution is 2.21. The fourth-order valence-electron chi connectivity index (χ4n) is 2.90. The molecule has 0 saturated heterocycles. The molecule has 0 radical (unpaired) electrons. The van der Waals surface area contributed by atoms with Gasteiger partial charge < -0.3 is 19.5 Å². The third-order valence-corrected chi connectivity index (χ3v) is 4.35. The number of nitrogens with zero attached hydrogens (tertiary/aromatic N) is 1. The fraction of sp³-hybridized carbons (Fsp3) is 0.370. The van der Waals surface area contributed by atoms with Gasteiger partial charge in [-0.05, 0) is 70.9 Å². The molecule has 9 heteroatoms. The average Bonchev–Trinajstić information content (AvgIpc) is 2.74. The largest absolute Gasteiger partial charge is 0.489 e. The Balaban J connectivity index is 2.18. The maximum Gasteiger partial charge on any atom is 0.437 e. The maximum absolute atomic E-state index is 13.5. The highest BCUT2D eigenvalue weighted by atomic mass is 19.1. The van der Waals surface area contributed by atoms with E-state index in [1.54, 1.807) is 59.8 Å². The van der Waals surface area contributed by atoms with Gasteiger partial charge in [0.1, 0.15) is 29.4 Å². The van der Waals surface area contributed by atoms with Crippen molar-refractivity contribution in [2.75, 3.05) is 0 Å². The van der Waals surface area contributed by atoms with E-state index in [2.05, 4.69) is 22.2 Å². The number of guanidine groups is 1. The zero-order chi connectivity index (χ0) is 26.9. The summed E-state index contributed by atoms with van der Waals surface area (Å²) < 4.78 is 30.0. The minimum absolute atomic E-state index is 0.138. The summed E-state index contributed by atoms with van der Waals surface area (Å²) in [4.78, 5) is 28.4. The first-order chi connectivity index (χ1) is 16.8. The Morgan fingerprint density at radius 3 is 2.31 bits per heavy atom. The summed E-state index contributed by atoms with van der Waals surface area (Å²) in [5, 5.41) is 5.38. The quantitative estimate of drug-likeness (QED) is 0.376. The Labute approximate surface area is 211 Å². The minimum Gasteiger partial charge on any atom is -0.489 e. The maximum atomic E-state index is 13.5. The molecular weight excluding hydrogens is 465 g/mol. The molecule has 2 N–H and O–H groups in total. The molecular formula is C27H34FN3O5. The molecule has 0 heterocycles. The lowest BCUT2D eigenvalue weighted by molar-refractivity contribution is 0.0560. The monoisotopic (exact) mass is 499 g/mol. The highest BCUT2D eigenvalue weighted by molar-refractivity contribution is 5.98. The molecule has 2 amide bonds. The Hall–Kier alpha value is -3.88. The third kappa shape index (κ3) is 10.2. The van der Waals surface area contributed by atoms with E-state index >= 15 is 0 Å². The Morgan fingerprint density at radius 1 is 1.00 bits per heavy atom. The summed E-state index contributed by atoms with van der Waals surface area (Å²) in [6.45, 7) is 14.4. The van der Waals surface area contributed by atoms with Crippen LogP contribution in [0.1, 0.15) is 58.2 Å². The number of ether oxygens (including phenoxy) is 3. The van der Waals surface area contributed by atoms with Gasteiger partial charge in [0.2, 0.25) is 5.96 Å². The third-order valence-electron chi connectivity index (χ3n) is 4.35. The molecule has 8 nitrogen and oxygen atoms in total. The first-order valence-electron chi connectivity index (χ1n) is 11.4. The smallest absolute Gasteiger partial charge is 0.437 e. The second-order valence-electron chi connectivity index (χ2n) is 9.86. The van der Waals surface area contributed by atoms with Gasteiger partial charge >= 0.3 is 12.2 Å². The molecule has 0 fully saturated rings. The number of carbonyl (C=O) groups is 2. The van der Waals surface area contributed by atoms with Crippen molar-refractivity contribution in [2.24, 2.45) is 4.99 Å². The van der Waals surface area contributed by atoms with Crippen LogP contribution in [0.3, 0.4) is 0 Å². The van der Waals surface area contributed by atoms with Crippen LogP contribution in [-0.4, -0.2) is 29.3 Å². The predicted octanol–water partition coefficient (Wildman–Crippen LogP) is 5.95. The lowest BCUT2D eigenvalue weighted by Gasteiger charge is -2.21. The van der Waals surface area contributed by atoms with Gasteiger partial charge in [0, 0.05) is 12.1 Å². The van der Waals surface area contributed by atoms with Crippen LogP contribution in [0.2, 0.25) is 0 Å². The first-order valence-corrected chi connectivity index (χ1v) is 11.4. The summed E-state index contributed by atoms with van der Waals surface area (Å²) in [6.07, 6.45) is -0.0919. The predicted molar refractivity (Wildman–Crippen MR) is 137 cm³/mol. The molecule has 0 aliphatic rings. The molecule has 0 aliphatic carbocycles. The normalized spacial score (nSPS) is 11.9. The number of hydrogen-bond donors (Lipinski definition) is 2. The number of carbonyl (C=O) groups excluding carboxylic acids is 2. The summed E-state index contributed by atoms with van der Waals surface area (Å²) in [5.41, 5.74) is 0.629. The van der Waals surface area contributed by atoms with Crippen molar-refractivity contribution in [1.82, 2.24) is 10.6 Å². The van der Waals surface area contributed by atoms with Gasteiger partial charge in [0.15, 0.2) is 0 Å². The van der Waals surface area contributed by atoms with Crippen LogP contribution in [-0.2, 0) is 22.6 Å². The van der Waals surface area contributed by atoms with E-state index in [1.807, 2.05) is 18.2 Å². The van der Waals surface area contributed by atoms with E-state index in [0.717, 1.165) is 11.1 Å². The molecule has 2 aromatic carbocycles. The van der Waals surface area contributed by atoms with Crippen molar-refractivity contribution in [1.29, 1.82) is 0 Å². The molecule has 2 aromatic rings. The summed E-state index contributed by atoms with van der Waals surface area (Å²) in [7, 11) is 0. The minimum atomic E-state index is -0.876. The number of rotatable bonds is 6. The molecule has 0 saturated carbocycles. The average molecular weight is 500 g/mol. The lowest BCUT2D eigenvalue weighted by atomic mass is 10.1. The second-order valence-corrected chi connectivity index (χ2v) is 9.86. The number of amides is 2. The van der Waals surface area contributed by atoms with E-state index in [9.17, 15) is 14.0 Å². The van der Waals surface area contributed by atoms with Gasteiger partial charge in [-0.2, -0.15) is 0 Å². The van der Waals surface area contributed by atoms with Crippen molar-refractivity contribution >= 4 is 24.2 Å². The molecule has 2 rings (SSSR count). The van der Waals surface area contributed by atoms with Crippen LogP contribution in [0.15, 0.2) is 54.0 Å². The Bertz CT molecular complexity index is 1120. The van der Waals surface area contributed by atoms with Gasteiger partial charge in [-0.1, -0.05) is 36.9 Å². The van der Waals surface area contributed by atoms with Crippen LogP contribution in [0.25, 0.3) is 6.08 Å². The van der Waals surface area contributed by atoms with Crippen molar-refractivity contribution in [2.45, 2.75) is 65.9 Å². The van der Waals surface area contributed by atoms with Gasteiger partial charge in [0.05, 0.1) is 0 Å². The highest BCUT2D eigenvalue weighted by Gasteiger charge is 2.20. The molecule has 36 heavy (non-hydrogen) atoms. The molecule has 0 aliphatic heterocycles. The van der Waals surface area contributed by atoms with Crippen LogP contribution < -0.4 is 15.4 Å². The Kier molecular flexibility index (Phi) is 9.60. The van der Waals surface area contributed by atoms with E-state index in [1.165, 1.54) is 12.1 Å². The van der Waals surface area contributed by atoms with Gasteiger partial charge in [-0.25, -0.2) is 14.0 Å². The lowest BCUT2D eigenvalue weighted by Crippen LogP contribution is -2.44. The van der Waals surface area contributed by atoms with Crippen LogP contribution in [0, 0.1) is 5.82 Å². The second kappa shape index (κ2) is 12.2. The van der Waals surface area contributed by atoms with Crippen LogP contribution in [0.5, 0.6) is 5.75 Å². The summed E-state index contributed by atoms with van der Waals surface area (Å²) in [5.74, 6) is 0.0616. The molecule has 194 valence electrons. The molecule has 0 atom stereocenters. The standard InChI is InChI=1S/C27H34FN3O5/c1-8-18-15-21(28)14-13-20(18)17-34-22-12-10-9-11-19(22)16-29-23(30-24(32)35-26(2,3)4)31-25(33)36-27(5,6)7/h8-15H,1,16-17H2,2-7H3,(H2,29,30,31,32,33). The van der Waals surface area contributed by atoms with E-state index in [4.69, 9.17) is 14.2 Å². The van der Waals surface area contributed by atoms with Crippen molar-refractivity contribution in [3.63, 3.8) is 0 Å². The zero-order valence-electron chi connectivity index (χ0n) is 21.6. The van der Waals surface area contributed by atoms with Gasteiger partial charge in [-0.3, -0.25) is 5.32 Å². The van der Waals surface area contributed by atoms with Gasteiger partial charge in [0.25, 0.3) is 0 Å². The number of hydrogen-bond acceptors (Lipinski definition) is 5. The van der Waals surface area contributed by atoms with Crippen LogP contribution in [0.4, 0.5) is 14.0 Å². The first kappa shape index (κ1) is 28.4. The van der Waals surface area contributed by atoms with E-state index < -0.39 is 23.4 Å². The van der Waals surface area contributed by atoms with E-state index in [0.29, 0.717) is 11.3 Å². The fourth-order valence-corrected chi connectivity index (χ4v) is 2.90. The number of nitrogens with one attached hydrogen (secondary N) is 2. The number of halogens is 1. The molecule has 0 bridgehead atoms. The van der Waals surface area contributed by atoms with E-state index in [-0.39, 0.29) is 24.9 Å². The van der Waals surface area contributed by atoms with Gasteiger partial charge in [-0.15, -0.1) is 4.99 Å². The SMILES string of the molecule is C=Cc1cc(F)ccc1COc1ccccc1CN/C(=N/C(=O)OC(C)(C)C)NC(=O)OC(C)(C)C. The molecule has 0 unspecified atom stereocenters. The number of alkyl carbamates (subject to hydrolysis) is 1. The Morgan fingerprint density at radius 2 is 1.67 bits per heavy atom. The summed E-state index contributed by atoms with van der Waals surface area (Å²) in [6, 6.07) is 11.6. The van der Waals surface area contributed by atoms with Crippen molar-refractivity contribution < 1.29 is 28.2 Å². The van der Waals surface area contributed by atoms with Crippen molar-refractivity contribution in [3.8, 4) is 5.75 Å². The molecule has 0 aromatic heterocycles. The van der Waals surface area contributed by atoms with Crippen LogP contribution >= 0.6 is 0 Å². The topological polar surface area (TPSA) is 98.3 Å². The number of para-hydroxylation sites is 1. The zero-order valence-corrected chi connectivity index (χ0v) is 21.6. The molecule has 0 spiro atoms. The number of benzene rings is 2. The summed E-state index contributed by atoms with van der Waals surface area (Å²) >= 11 is 0.